The van der Waals surface area contributed by atoms with E-state index in [1.165, 1.54) is 7.05 Å². The number of aromatic carboxylic acids is 1. The highest BCUT2D eigenvalue weighted by atomic mass is 16.4. The fourth-order valence-corrected chi connectivity index (χ4v) is 0.719. The first-order valence-corrected chi connectivity index (χ1v) is 3.06. The van der Waals surface area contributed by atoms with E-state index in [-0.39, 0.29) is 0 Å². The minimum Gasteiger partial charge on any atom is -0.477 e. The summed E-state index contributed by atoms with van der Waals surface area (Å²) in [6, 6.07) is 0. The molecule has 0 aliphatic rings. The molecule has 0 aromatic carbocycles. The van der Waals surface area contributed by atoms with Crippen LogP contribution in [0.25, 0.3) is 0 Å². The summed E-state index contributed by atoms with van der Waals surface area (Å²) < 4.78 is 0.698. The molecule has 0 aliphatic carbocycles. The first-order valence-electron chi connectivity index (χ1n) is 3.06. The number of aromatic amines is 1. The lowest BCUT2D eigenvalue weighted by Crippen LogP contribution is -2.35. The Labute approximate surface area is 66.1 Å². The van der Waals surface area contributed by atoms with Crippen LogP contribution >= 0.6 is 0 Å². The molecule has 1 aromatic heterocycles. The van der Waals surface area contributed by atoms with Gasteiger partial charge in [0, 0.05) is 13.2 Å². The summed E-state index contributed by atoms with van der Waals surface area (Å²) >= 11 is 0. The van der Waals surface area contributed by atoms with Gasteiger partial charge in [0.2, 0.25) is 0 Å². The summed E-state index contributed by atoms with van der Waals surface area (Å²) in [6.07, 6.45) is 0.882. The van der Waals surface area contributed by atoms with Gasteiger partial charge in [-0.2, -0.15) is 0 Å². The van der Waals surface area contributed by atoms with E-state index in [4.69, 9.17) is 5.11 Å². The maximum Gasteiger partial charge on any atom is 0.342 e. The van der Waals surface area contributed by atoms with Crippen molar-refractivity contribution in [2.24, 2.45) is 7.05 Å². The second-order valence-corrected chi connectivity index (χ2v) is 2.18. The topological polar surface area (TPSA) is 92.2 Å². The lowest BCUT2D eigenvalue weighted by atomic mass is 10.3. The van der Waals surface area contributed by atoms with Crippen LogP contribution in [-0.2, 0) is 7.05 Å². The first-order chi connectivity index (χ1) is 5.54. The van der Waals surface area contributed by atoms with Crippen LogP contribution in [0.15, 0.2) is 15.8 Å². The molecule has 0 radical (unpaired) electrons. The standard InChI is InChI=1S/C6H6N2O4/c1-8-4(9)3(5(10)11)2-7-6(8)12/h2H,1H3,(H,7,12)(H,10,11). The highest BCUT2D eigenvalue weighted by Crippen LogP contribution is 1.82. The van der Waals surface area contributed by atoms with E-state index >= 15 is 0 Å². The lowest BCUT2D eigenvalue weighted by molar-refractivity contribution is 0.0693. The molecular formula is C6H6N2O4. The molecule has 64 valence electrons. The Morgan fingerprint density at radius 2 is 2.17 bits per heavy atom. The second kappa shape index (κ2) is 2.65. The van der Waals surface area contributed by atoms with Gasteiger partial charge in [-0.3, -0.25) is 9.36 Å². The highest BCUT2D eigenvalue weighted by molar-refractivity contribution is 5.86. The molecule has 0 unspecified atom stereocenters. The summed E-state index contributed by atoms with van der Waals surface area (Å²) in [5.41, 5.74) is -1.90. The summed E-state index contributed by atoms with van der Waals surface area (Å²) in [4.78, 5) is 34.2. The SMILES string of the molecule is Cn1c(=O)[nH]cc(C(=O)O)c1=O. The number of hydrogen-bond acceptors (Lipinski definition) is 3. The number of nitrogens with zero attached hydrogens (tertiary/aromatic N) is 1. The molecule has 0 amide bonds. The van der Waals surface area contributed by atoms with E-state index in [2.05, 4.69) is 4.98 Å². The number of rotatable bonds is 1. The van der Waals surface area contributed by atoms with Crippen molar-refractivity contribution in [3.63, 3.8) is 0 Å². The van der Waals surface area contributed by atoms with Crippen molar-refractivity contribution in [2.75, 3.05) is 0 Å². The fraction of sp³-hybridized carbons (Fsp3) is 0.167. The zero-order valence-corrected chi connectivity index (χ0v) is 6.20. The van der Waals surface area contributed by atoms with Crippen molar-refractivity contribution in [1.82, 2.24) is 9.55 Å². The number of H-pyrrole nitrogens is 1. The number of carboxylic acid groups (broad SMARTS) is 1. The molecule has 1 aromatic rings. The average molecular weight is 170 g/mol. The molecule has 0 bridgehead atoms. The third-order valence-corrected chi connectivity index (χ3v) is 1.41. The molecule has 0 saturated heterocycles. The number of carboxylic acids is 1. The highest BCUT2D eigenvalue weighted by Gasteiger charge is 2.10. The predicted molar refractivity (Wildman–Crippen MR) is 39.3 cm³/mol. The van der Waals surface area contributed by atoms with Crippen molar-refractivity contribution in [1.29, 1.82) is 0 Å². The maximum absolute atomic E-state index is 11.0. The fourth-order valence-electron chi connectivity index (χ4n) is 0.719. The molecule has 1 heterocycles. The Bertz CT molecular complexity index is 428. The molecule has 6 heteroatoms. The molecular weight excluding hydrogens is 164 g/mol. The van der Waals surface area contributed by atoms with Crippen molar-refractivity contribution >= 4 is 5.97 Å². The number of nitrogens with one attached hydrogen (secondary N) is 1. The van der Waals surface area contributed by atoms with Gasteiger partial charge in [-0.05, 0) is 0 Å². The molecule has 6 nitrogen and oxygen atoms in total. The Morgan fingerprint density at radius 3 is 2.67 bits per heavy atom. The Hall–Kier alpha value is -1.85. The van der Waals surface area contributed by atoms with E-state index in [1.54, 1.807) is 0 Å². The van der Waals surface area contributed by atoms with E-state index in [1.807, 2.05) is 0 Å². The second-order valence-electron chi connectivity index (χ2n) is 2.18. The van der Waals surface area contributed by atoms with Gasteiger partial charge in [-0.1, -0.05) is 0 Å². The predicted octanol–water partition coefficient (Wildman–Crippen LogP) is -1.23. The van der Waals surface area contributed by atoms with E-state index < -0.39 is 22.8 Å². The quantitative estimate of drug-likeness (QED) is 0.552. The normalized spacial score (nSPS) is 9.75. The van der Waals surface area contributed by atoms with Gasteiger partial charge in [0.25, 0.3) is 5.56 Å². The van der Waals surface area contributed by atoms with Gasteiger partial charge in [0.1, 0.15) is 5.56 Å². The molecule has 0 spiro atoms. The van der Waals surface area contributed by atoms with Crippen molar-refractivity contribution < 1.29 is 9.90 Å². The average Bonchev–Trinajstić information content (AvgIpc) is 2.00. The summed E-state index contributed by atoms with van der Waals surface area (Å²) in [5.74, 6) is -1.35. The maximum atomic E-state index is 11.0. The molecule has 1 rings (SSSR count). The third-order valence-electron chi connectivity index (χ3n) is 1.41. The molecule has 0 aliphatic heterocycles. The van der Waals surface area contributed by atoms with Crippen LogP contribution in [0.5, 0.6) is 0 Å². The van der Waals surface area contributed by atoms with E-state index in [9.17, 15) is 14.4 Å². The first kappa shape index (κ1) is 8.25. The number of aromatic nitrogens is 2. The van der Waals surface area contributed by atoms with Crippen molar-refractivity contribution in [3.8, 4) is 0 Å². The van der Waals surface area contributed by atoms with Gasteiger partial charge in [-0.25, -0.2) is 9.59 Å². The molecule has 0 saturated carbocycles. The molecule has 0 fully saturated rings. The molecule has 2 N–H and O–H groups in total. The number of carbonyl (C=O) groups is 1. The number of hydrogen-bond donors (Lipinski definition) is 2. The zero-order chi connectivity index (χ0) is 9.30. The van der Waals surface area contributed by atoms with Gasteiger partial charge in [0.15, 0.2) is 0 Å². The largest absolute Gasteiger partial charge is 0.477 e. The minimum absolute atomic E-state index is 0.447. The Balaban J connectivity index is 3.58. The Kier molecular flexibility index (Phi) is 1.82. The van der Waals surface area contributed by atoms with Crippen LogP contribution in [0.4, 0.5) is 0 Å². The van der Waals surface area contributed by atoms with Crippen LogP contribution in [-0.4, -0.2) is 20.6 Å². The van der Waals surface area contributed by atoms with Crippen LogP contribution < -0.4 is 11.2 Å². The van der Waals surface area contributed by atoms with Crippen molar-refractivity contribution in [3.05, 3.63) is 32.6 Å². The van der Waals surface area contributed by atoms with Gasteiger partial charge >= 0.3 is 11.7 Å². The lowest BCUT2D eigenvalue weighted by Gasteiger charge is -1.95. The van der Waals surface area contributed by atoms with E-state index in [0.717, 1.165) is 6.20 Å². The van der Waals surface area contributed by atoms with Crippen LogP contribution in [0, 0.1) is 0 Å². The molecule has 0 atom stereocenters. The van der Waals surface area contributed by atoms with Gasteiger partial charge in [-0.15, -0.1) is 0 Å². The summed E-state index contributed by atoms with van der Waals surface area (Å²) in [6.45, 7) is 0. The smallest absolute Gasteiger partial charge is 0.342 e. The van der Waals surface area contributed by atoms with E-state index in [0.29, 0.717) is 4.57 Å². The van der Waals surface area contributed by atoms with Gasteiger partial charge in [0.05, 0.1) is 0 Å². The summed E-state index contributed by atoms with van der Waals surface area (Å²) in [5, 5.41) is 8.45. The van der Waals surface area contributed by atoms with Gasteiger partial charge < -0.3 is 10.1 Å². The monoisotopic (exact) mass is 170 g/mol. The summed E-state index contributed by atoms with van der Waals surface area (Å²) in [7, 11) is 1.20. The zero-order valence-electron chi connectivity index (χ0n) is 6.20. The van der Waals surface area contributed by atoms with Crippen LogP contribution in [0.3, 0.4) is 0 Å². The van der Waals surface area contributed by atoms with Crippen LogP contribution in [0.2, 0.25) is 0 Å². The Morgan fingerprint density at radius 1 is 1.58 bits per heavy atom. The van der Waals surface area contributed by atoms with Crippen LogP contribution in [0.1, 0.15) is 10.4 Å². The molecule has 12 heavy (non-hydrogen) atoms. The minimum atomic E-state index is -1.35. The third kappa shape index (κ3) is 1.14. The van der Waals surface area contributed by atoms with Crippen molar-refractivity contribution in [2.45, 2.75) is 0 Å².